The van der Waals surface area contributed by atoms with Gasteiger partial charge in [-0.2, -0.15) is 0 Å². The SMILES string of the molecule is CCCn1ccnc1C(O)CC1CCCCO1. The van der Waals surface area contributed by atoms with E-state index in [1.54, 1.807) is 6.20 Å². The minimum atomic E-state index is -0.500. The number of aromatic nitrogens is 2. The highest BCUT2D eigenvalue weighted by atomic mass is 16.5. The molecular weight excluding hydrogens is 216 g/mol. The Balaban J connectivity index is 1.93. The van der Waals surface area contributed by atoms with Crippen LogP contribution in [0.2, 0.25) is 0 Å². The van der Waals surface area contributed by atoms with E-state index in [1.807, 2.05) is 10.8 Å². The summed E-state index contributed by atoms with van der Waals surface area (Å²) in [5.74, 6) is 0.779. The Morgan fingerprint density at radius 2 is 2.47 bits per heavy atom. The van der Waals surface area contributed by atoms with Gasteiger partial charge >= 0.3 is 0 Å². The van der Waals surface area contributed by atoms with Crippen LogP contribution in [0.15, 0.2) is 12.4 Å². The molecule has 1 N–H and O–H groups in total. The molecule has 1 aromatic rings. The number of hydrogen-bond donors (Lipinski definition) is 1. The van der Waals surface area contributed by atoms with Crippen molar-refractivity contribution in [2.45, 2.75) is 57.8 Å². The monoisotopic (exact) mass is 238 g/mol. The average Bonchev–Trinajstić information content (AvgIpc) is 2.79. The van der Waals surface area contributed by atoms with Crippen LogP contribution >= 0.6 is 0 Å². The van der Waals surface area contributed by atoms with Crippen molar-refractivity contribution in [1.29, 1.82) is 0 Å². The summed E-state index contributed by atoms with van der Waals surface area (Å²) in [4.78, 5) is 4.26. The van der Waals surface area contributed by atoms with E-state index in [4.69, 9.17) is 4.74 Å². The van der Waals surface area contributed by atoms with E-state index in [0.717, 1.165) is 38.2 Å². The maximum absolute atomic E-state index is 10.2. The molecule has 1 aromatic heterocycles. The van der Waals surface area contributed by atoms with E-state index < -0.39 is 6.10 Å². The van der Waals surface area contributed by atoms with Crippen LogP contribution < -0.4 is 0 Å². The van der Waals surface area contributed by atoms with Crippen molar-refractivity contribution in [3.8, 4) is 0 Å². The number of aliphatic hydroxyl groups excluding tert-OH is 1. The summed E-state index contributed by atoms with van der Waals surface area (Å²) in [6.45, 7) is 3.87. The van der Waals surface area contributed by atoms with Crippen LogP contribution in [0.25, 0.3) is 0 Å². The Hall–Kier alpha value is -0.870. The maximum Gasteiger partial charge on any atom is 0.137 e. The standard InChI is InChI=1S/C13H22N2O2/c1-2-7-15-8-6-14-13(15)12(16)10-11-5-3-4-9-17-11/h6,8,11-12,16H,2-5,7,9-10H2,1H3. The lowest BCUT2D eigenvalue weighted by Crippen LogP contribution is -2.22. The van der Waals surface area contributed by atoms with Crippen molar-refractivity contribution in [2.24, 2.45) is 0 Å². The van der Waals surface area contributed by atoms with E-state index >= 15 is 0 Å². The first-order chi connectivity index (χ1) is 8.31. The minimum absolute atomic E-state index is 0.200. The largest absolute Gasteiger partial charge is 0.385 e. The van der Waals surface area contributed by atoms with Crippen molar-refractivity contribution < 1.29 is 9.84 Å². The Labute approximate surface area is 103 Å². The molecule has 1 aliphatic rings. The molecule has 1 aliphatic heterocycles. The van der Waals surface area contributed by atoms with Gasteiger partial charge in [0.1, 0.15) is 11.9 Å². The van der Waals surface area contributed by atoms with Gasteiger partial charge in [0.05, 0.1) is 6.10 Å². The van der Waals surface area contributed by atoms with Crippen LogP contribution in [0.5, 0.6) is 0 Å². The number of imidazole rings is 1. The number of hydrogen-bond acceptors (Lipinski definition) is 3. The second-order valence-electron chi connectivity index (χ2n) is 4.72. The second-order valence-corrected chi connectivity index (χ2v) is 4.72. The first-order valence-corrected chi connectivity index (χ1v) is 6.62. The van der Waals surface area contributed by atoms with Gasteiger partial charge in [0.2, 0.25) is 0 Å². The third-order valence-electron chi connectivity index (χ3n) is 3.27. The Morgan fingerprint density at radius 1 is 1.59 bits per heavy atom. The molecule has 2 atom stereocenters. The quantitative estimate of drug-likeness (QED) is 0.856. The lowest BCUT2D eigenvalue weighted by molar-refractivity contribution is -0.0177. The van der Waals surface area contributed by atoms with Gasteiger partial charge in [-0.1, -0.05) is 6.92 Å². The van der Waals surface area contributed by atoms with Gasteiger partial charge in [-0.05, 0) is 25.7 Å². The van der Waals surface area contributed by atoms with Gasteiger partial charge in [-0.3, -0.25) is 0 Å². The molecule has 0 aliphatic carbocycles. The maximum atomic E-state index is 10.2. The van der Waals surface area contributed by atoms with Gasteiger partial charge in [0.25, 0.3) is 0 Å². The van der Waals surface area contributed by atoms with Crippen LogP contribution in [-0.2, 0) is 11.3 Å². The van der Waals surface area contributed by atoms with Crippen LogP contribution in [0.1, 0.15) is 51.0 Å². The van der Waals surface area contributed by atoms with Crippen molar-refractivity contribution >= 4 is 0 Å². The molecule has 96 valence electrons. The molecule has 2 unspecified atom stereocenters. The molecule has 0 saturated carbocycles. The van der Waals surface area contributed by atoms with Crippen LogP contribution in [0.4, 0.5) is 0 Å². The fraction of sp³-hybridized carbons (Fsp3) is 0.769. The number of ether oxygens (including phenoxy) is 1. The number of aliphatic hydroxyl groups is 1. The number of nitrogens with zero attached hydrogens (tertiary/aromatic N) is 2. The first kappa shape index (κ1) is 12.6. The molecule has 0 amide bonds. The zero-order valence-corrected chi connectivity index (χ0v) is 10.5. The summed E-state index contributed by atoms with van der Waals surface area (Å²) in [6, 6.07) is 0. The number of rotatable bonds is 5. The molecule has 2 heterocycles. The molecule has 2 rings (SSSR count). The van der Waals surface area contributed by atoms with Gasteiger partial charge in [-0.15, -0.1) is 0 Å². The molecule has 1 saturated heterocycles. The van der Waals surface area contributed by atoms with Crippen LogP contribution in [0, 0.1) is 0 Å². The third-order valence-corrected chi connectivity index (χ3v) is 3.27. The zero-order valence-electron chi connectivity index (χ0n) is 10.5. The van der Waals surface area contributed by atoms with Crippen molar-refractivity contribution in [3.05, 3.63) is 18.2 Å². The molecule has 4 heteroatoms. The normalized spacial score (nSPS) is 22.6. The predicted molar refractivity (Wildman–Crippen MR) is 65.7 cm³/mol. The first-order valence-electron chi connectivity index (χ1n) is 6.62. The van der Waals surface area contributed by atoms with Crippen molar-refractivity contribution in [2.75, 3.05) is 6.61 Å². The minimum Gasteiger partial charge on any atom is -0.385 e. The lowest BCUT2D eigenvalue weighted by Gasteiger charge is -2.24. The molecule has 4 nitrogen and oxygen atoms in total. The molecule has 0 radical (unpaired) electrons. The molecular formula is C13H22N2O2. The van der Waals surface area contributed by atoms with Crippen LogP contribution in [-0.4, -0.2) is 27.4 Å². The lowest BCUT2D eigenvalue weighted by atomic mass is 10.0. The molecule has 0 spiro atoms. The highest BCUT2D eigenvalue weighted by molar-refractivity contribution is 4.97. The third kappa shape index (κ3) is 3.30. The summed E-state index contributed by atoms with van der Waals surface area (Å²) in [6.07, 6.45) is 8.53. The topological polar surface area (TPSA) is 47.3 Å². The van der Waals surface area contributed by atoms with Gasteiger partial charge in [-0.25, -0.2) is 4.98 Å². The smallest absolute Gasteiger partial charge is 0.137 e. The molecule has 0 aromatic carbocycles. The van der Waals surface area contributed by atoms with Gasteiger partial charge < -0.3 is 14.4 Å². The second kappa shape index (κ2) is 6.17. The highest BCUT2D eigenvalue weighted by Gasteiger charge is 2.21. The Bertz CT molecular complexity index is 332. The summed E-state index contributed by atoms with van der Waals surface area (Å²) in [5, 5.41) is 10.2. The highest BCUT2D eigenvalue weighted by Crippen LogP contribution is 2.24. The summed E-state index contributed by atoms with van der Waals surface area (Å²) in [7, 11) is 0. The Morgan fingerprint density at radius 3 is 3.18 bits per heavy atom. The summed E-state index contributed by atoms with van der Waals surface area (Å²) < 4.78 is 7.68. The van der Waals surface area contributed by atoms with Crippen LogP contribution in [0.3, 0.4) is 0 Å². The van der Waals surface area contributed by atoms with Crippen molar-refractivity contribution in [3.63, 3.8) is 0 Å². The molecule has 17 heavy (non-hydrogen) atoms. The average molecular weight is 238 g/mol. The van der Waals surface area contributed by atoms with Gasteiger partial charge in [0, 0.05) is 32.0 Å². The summed E-state index contributed by atoms with van der Waals surface area (Å²) >= 11 is 0. The van der Waals surface area contributed by atoms with Gasteiger partial charge in [0.15, 0.2) is 0 Å². The van der Waals surface area contributed by atoms with Crippen molar-refractivity contribution in [1.82, 2.24) is 9.55 Å². The van der Waals surface area contributed by atoms with E-state index in [2.05, 4.69) is 11.9 Å². The number of aryl methyl sites for hydroxylation is 1. The van der Waals surface area contributed by atoms with E-state index in [-0.39, 0.29) is 6.10 Å². The fourth-order valence-corrected chi connectivity index (χ4v) is 2.40. The Kier molecular flexibility index (Phi) is 4.57. The van der Waals surface area contributed by atoms with E-state index in [9.17, 15) is 5.11 Å². The zero-order chi connectivity index (χ0) is 12.1. The molecule has 0 bridgehead atoms. The molecule has 1 fully saturated rings. The van der Waals surface area contributed by atoms with E-state index in [1.165, 1.54) is 6.42 Å². The summed E-state index contributed by atoms with van der Waals surface area (Å²) in [5.41, 5.74) is 0. The predicted octanol–water partition coefficient (Wildman–Crippen LogP) is 2.29. The fourth-order valence-electron chi connectivity index (χ4n) is 2.40. The van der Waals surface area contributed by atoms with E-state index in [0.29, 0.717) is 6.42 Å².